The second-order valence-electron chi connectivity index (χ2n) is 13.6. The van der Waals surface area contributed by atoms with E-state index in [1.54, 1.807) is 0 Å². The second kappa shape index (κ2) is 13.7. The Balaban J connectivity index is 1.13. The third-order valence-electron chi connectivity index (χ3n) is 10.3. The number of anilines is 4. The third kappa shape index (κ3) is 6.13. The first-order chi connectivity index (χ1) is 26.2. The lowest BCUT2D eigenvalue weighted by Gasteiger charge is -2.44. The summed E-state index contributed by atoms with van der Waals surface area (Å²) in [4.78, 5) is 2.38. The minimum absolute atomic E-state index is 0.519. The molecule has 0 saturated heterocycles. The Morgan fingerprint density at radius 2 is 0.774 bits per heavy atom. The van der Waals surface area contributed by atoms with Crippen molar-refractivity contribution in [1.82, 2.24) is 0 Å². The molecule has 0 spiro atoms. The smallest absolute Gasteiger partial charge is 0.154 e. The maximum Gasteiger partial charge on any atom is 0.154 e. The van der Waals surface area contributed by atoms with Crippen molar-refractivity contribution in [2.24, 2.45) is 0 Å². The quantitative estimate of drug-likeness (QED) is 0.156. The second-order valence-corrected chi connectivity index (χ2v) is 13.6. The molecule has 254 valence electrons. The summed E-state index contributed by atoms with van der Waals surface area (Å²) in [6.07, 6.45) is 18.2. The van der Waals surface area contributed by atoms with Gasteiger partial charge >= 0.3 is 0 Å². The van der Waals surface area contributed by atoms with E-state index in [0.29, 0.717) is 0 Å². The highest BCUT2D eigenvalue weighted by molar-refractivity contribution is 5.95. The first-order valence-corrected chi connectivity index (χ1v) is 18.2. The van der Waals surface area contributed by atoms with Crippen molar-refractivity contribution >= 4 is 44.3 Å². The van der Waals surface area contributed by atoms with Gasteiger partial charge in [0.05, 0.1) is 0 Å². The fourth-order valence-corrected chi connectivity index (χ4v) is 7.67. The van der Waals surface area contributed by atoms with Crippen LogP contribution >= 0.6 is 0 Å². The Kier molecular flexibility index (Phi) is 8.30. The van der Waals surface area contributed by atoms with Gasteiger partial charge < -0.3 is 15.5 Å². The summed E-state index contributed by atoms with van der Waals surface area (Å²) in [5.74, 6) is 0. The van der Waals surface area contributed by atoms with Crippen LogP contribution in [-0.2, 0) is 5.54 Å². The average molecular weight is 682 g/mol. The highest BCUT2D eigenvalue weighted by Gasteiger charge is 2.36. The van der Waals surface area contributed by atoms with Crippen molar-refractivity contribution in [3.05, 3.63) is 241 Å². The van der Waals surface area contributed by atoms with E-state index in [9.17, 15) is 0 Å². The molecule has 53 heavy (non-hydrogen) atoms. The van der Waals surface area contributed by atoms with Crippen molar-refractivity contribution in [3.63, 3.8) is 0 Å². The van der Waals surface area contributed by atoms with Gasteiger partial charge in [0.2, 0.25) is 0 Å². The zero-order chi connectivity index (χ0) is 35.5. The zero-order valence-electron chi connectivity index (χ0n) is 29.3. The number of para-hydroxylation sites is 2. The van der Waals surface area contributed by atoms with Crippen LogP contribution in [0, 0.1) is 0 Å². The average Bonchev–Trinajstić information content (AvgIpc) is 3.23. The minimum atomic E-state index is -0.720. The minimum Gasteiger partial charge on any atom is -0.368 e. The van der Waals surface area contributed by atoms with Crippen LogP contribution in [0.4, 0.5) is 22.7 Å². The van der Waals surface area contributed by atoms with Gasteiger partial charge in [-0.1, -0.05) is 176 Å². The zero-order valence-corrected chi connectivity index (χ0v) is 29.3. The number of allylic oxidation sites excluding steroid dienone is 6. The summed E-state index contributed by atoms with van der Waals surface area (Å²) in [6.45, 7) is 0. The molecule has 0 atom stereocenters. The SMILES string of the molecule is C1=CC(Nc2cccc3ccccc23)(c2ccccc2)C=CC1=C1C=CC(Nc2cccc3ccccc23)(N(c2ccccc2)c2ccccc2)C=C1. The van der Waals surface area contributed by atoms with E-state index in [2.05, 4.69) is 240 Å². The summed E-state index contributed by atoms with van der Waals surface area (Å²) >= 11 is 0. The van der Waals surface area contributed by atoms with Gasteiger partial charge in [-0.25, -0.2) is 0 Å². The Labute approximate surface area is 311 Å². The molecule has 0 amide bonds. The number of hydrogen-bond donors (Lipinski definition) is 2. The van der Waals surface area contributed by atoms with Crippen LogP contribution in [0.3, 0.4) is 0 Å². The van der Waals surface area contributed by atoms with Crippen LogP contribution in [-0.4, -0.2) is 5.66 Å². The Morgan fingerprint density at radius 3 is 1.30 bits per heavy atom. The Morgan fingerprint density at radius 1 is 0.358 bits per heavy atom. The van der Waals surface area contributed by atoms with Crippen molar-refractivity contribution < 1.29 is 0 Å². The number of benzene rings is 7. The molecule has 7 aromatic carbocycles. The first-order valence-electron chi connectivity index (χ1n) is 18.2. The Bertz CT molecular complexity index is 2480. The van der Waals surface area contributed by atoms with Crippen LogP contribution in [0.1, 0.15) is 5.56 Å². The molecule has 0 aliphatic heterocycles. The fraction of sp³-hybridized carbons (Fsp3) is 0.0400. The maximum atomic E-state index is 4.02. The van der Waals surface area contributed by atoms with E-state index in [-0.39, 0.29) is 0 Å². The van der Waals surface area contributed by atoms with E-state index >= 15 is 0 Å². The van der Waals surface area contributed by atoms with Crippen molar-refractivity contribution in [2.75, 3.05) is 15.5 Å². The summed E-state index contributed by atoms with van der Waals surface area (Å²) in [5.41, 5.74) is 6.56. The van der Waals surface area contributed by atoms with Gasteiger partial charge in [0.15, 0.2) is 5.66 Å². The van der Waals surface area contributed by atoms with Gasteiger partial charge in [-0.3, -0.25) is 0 Å². The van der Waals surface area contributed by atoms with Gasteiger partial charge in [0.25, 0.3) is 0 Å². The summed E-state index contributed by atoms with van der Waals surface area (Å²) in [7, 11) is 0. The van der Waals surface area contributed by atoms with Gasteiger partial charge in [-0.05, 0) is 76.0 Å². The monoisotopic (exact) mass is 681 g/mol. The van der Waals surface area contributed by atoms with Crippen molar-refractivity contribution in [2.45, 2.75) is 11.2 Å². The normalized spacial score (nSPS) is 19.1. The molecule has 9 rings (SSSR count). The van der Waals surface area contributed by atoms with E-state index in [1.165, 1.54) is 27.1 Å². The summed E-state index contributed by atoms with van der Waals surface area (Å²) in [6, 6.07) is 61.9. The van der Waals surface area contributed by atoms with Crippen LogP contribution in [0.2, 0.25) is 0 Å². The summed E-state index contributed by atoms with van der Waals surface area (Å²) in [5, 5.41) is 12.7. The lowest BCUT2D eigenvalue weighted by atomic mass is 9.83. The molecule has 0 aromatic heterocycles. The molecule has 0 radical (unpaired) electrons. The highest BCUT2D eigenvalue weighted by atomic mass is 15.3. The number of rotatable bonds is 8. The predicted octanol–water partition coefficient (Wildman–Crippen LogP) is 12.5. The molecule has 0 saturated carbocycles. The third-order valence-corrected chi connectivity index (χ3v) is 10.3. The van der Waals surface area contributed by atoms with Gasteiger partial charge in [-0.2, -0.15) is 0 Å². The molecule has 2 aliphatic rings. The van der Waals surface area contributed by atoms with E-state index in [0.717, 1.165) is 33.9 Å². The lowest BCUT2D eigenvalue weighted by molar-refractivity contribution is 0.713. The van der Waals surface area contributed by atoms with Gasteiger partial charge in [0.1, 0.15) is 5.54 Å². The fourth-order valence-electron chi connectivity index (χ4n) is 7.67. The lowest BCUT2D eigenvalue weighted by Crippen LogP contribution is -2.50. The highest BCUT2D eigenvalue weighted by Crippen LogP contribution is 2.41. The predicted molar refractivity (Wildman–Crippen MR) is 225 cm³/mol. The molecule has 0 bridgehead atoms. The van der Waals surface area contributed by atoms with Crippen LogP contribution in [0.25, 0.3) is 21.5 Å². The topological polar surface area (TPSA) is 27.3 Å². The molecule has 3 heteroatoms. The van der Waals surface area contributed by atoms with Crippen LogP contribution in [0.5, 0.6) is 0 Å². The van der Waals surface area contributed by atoms with Gasteiger partial charge in [0, 0.05) is 33.5 Å². The molecule has 0 unspecified atom stereocenters. The van der Waals surface area contributed by atoms with Crippen LogP contribution in [0.15, 0.2) is 236 Å². The molecular weight excluding hydrogens is 643 g/mol. The molecule has 2 aliphatic carbocycles. The molecule has 2 N–H and O–H groups in total. The van der Waals surface area contributed by atoms with Crippen molar-refractivity contribution in [1.29, 1.82) is 0 Å². The molecule has 3 nitrogen and oxygen atoms in total. The summed E-state index contributed by atoms with van der Waals surface area (Å²) < 4.78 is 0. The van der Waals surface area contributed by atoms with E-state index in [1.807, 2.05) is 0 Å². The maximum absolute atomic E-state index is 4.02. The van der Waals surface area contributed by atoms with Gasteiger partial charge in [-0.15, -0.1) is 0 Å². The van der Waals surface area contributed by atoms with E-state index in [4.69, 9.17) is 0 Å². The molecule has 7 aromatic rings. The van der Waals surface area contributed by atoms with Crippen molar-refractivity contribution in [3.8, 4) is 0 Å². The molecule has 0 fully saturated rings. The largest absolute Gasteiger partial charge is 0.368 e. The number of fused-ring (bicyclic) bond motifs is 2. The number of nitrogens with zero attached hydrogens (tertiary/aromatic N) is 1. The standard InChI is InChI=1S/C50H39N3/c1-4-20-42(21-5-1)49(51-47-28-14-18-40-16-10-12-26-45(40)47)34-30-38(31-35-49)39-32-36-50(37-33-39,52-48-29-15-19-41-17-11-13-27-46(41)48)53(43-22-6-2-7-23-43)44-24-8-3-9-25-44/h1-37,51-52H. The number of nitrogens with one attached hydrogen (secondary N) is 2. The first kappa shape index (κ1) is 32.1. The molecular formula is C50H39N3. The number of hydrogen-bond acceptors (Lipinski definition) is 3. The van der Waals surface area contributed by atoms with E-state index < -0.39 is 11.2 Å². The Hall–Kier alpha value is -6.84. The van der Waals surface area contributed by atoms with Crippen LogP contribution < -0.4 is 15.5 Å². The molecule has 0 heterocycles.